The Labute approximate surface area is 629 Å². The van der Waals surface area contributed by atoms with Gasteiger partial charge in [-0.15, -0.1) is 0 Å². The van der Waals surface area contributed by atoms with Crippen LogP contribution in [0.1, 0.15) is 90.4 Å². The molecule has 0 aromatic heterocycles. The zero-order valence-electron chi connectivity index (χ0n) is 57.3. The Morgan fingerprint density at radius 1 is 0.219 bits per heavy atom. The quantitative estimate of drug-likeness (QED) is 0.114. The topological polar surface area (TPSA) is 6.48 Å². The fourth-order valence-corrected chi connectivity index (χ4v) is 20.4. The molecule has 0 fully saturated rings. The summed E-state index contributed by atoms with van der Waals surface area (Å²) in [5.41, 5.74) is 40.2. The summed E-state index contributed by atoms with van der Waals surface area (Å²) in [5.74, 6) is 0.401. The molecule has 2 bridgehead atoms. The van der Waals surface area contributed by atoms with E-state index in [0.29, 0.717) is 0 Å². The maximum Gasteiger partial charge on any atom is 0.0540 e. The van der Waals surface area contributed by atoms with Crippen LogP contribution in [0.25, 0.3) is 77.9 Å². The van der Waals surface area contributed by atoms with Crippen molar-refractivity contribution in [2.24, 2.45) is 0 Å². The Morgan fingerprint density at radius 3 is 1.09 bits per heavy atom. The number of anilines is 6. The van der Waals surface area contributed by atoms with Crippen molar-refractivity contribution in [1.29, 1.82) is 0 Å². The van der Waals surface area contributed by atoms with E-state index in [9.17, 15) is 0 Å². The van der Waals surface area contributed by atoms with Gasteiger partial charge in [-0.3, -0.25) is 0 Å². The van der Waals surface area contributed by atoms with Gasteiger partial charge in [0.2, 0.25) is 0 Å². The van der Waals surface area contributed by atoms with Gasteiger partial charge in [-0.2, -0.15) is 0 Å². The summed E-state index contributed by atoms with van der Waals surface area (Å²) in [6, 6.07) is 140. The zero-order chi connectivity index (χ0) is 69.4. The molecule has 22 rings (SSSR count). The lowest BCUT2D eigenvalue weighted by Crippen LogP contribution is -2.52. The van der Waals surface area contributed by atoms with Gasteiger partial charge in [0.15, 0.2) is 0 Å². The van der Waals surface area contributed by atoms with Crippen LogP contribution < -0.4 is 9.80 Å². The summed E-state index contributed by atoms with van der Waals surface area (Å²) in [4.78, 5) is 4.82. The van der Waals surface area contributed by atoms with E-state index in [-0.39, 0.29) is 29.1 Å². The van der Waals surface area contributed by atoms with Gasteiger partial charge in [0.25, 0.3) is 0 Å². The molecule has 0 saturated carbocycles. The maximum absolute atomic E-state index is 4.56. The average molecular weight is 1470 g/mol. The summed E-state index contributed by atoms with van der Waals surface area (Å²) in [7, 11) is 0. The first kappa shape index (κ1) is 61.7. The summed E-state index contributed by atoms with van der Waals surface area (Å²) >= 11 is 8.83. The van der Waals surface area contributed by atoms with Crippen LogP contribution in [0.2, 0.25) is 0 Å². The lowest BCUT2D eigenvalue weighted by molar-refractivity contribution is 0.332. The smallest absolute Gasteiger partial charge is 0.0540 e. The van der Waals surface area contributed by atoms with Crippen LogP contribution in [0.4, 0.5) is 34.1 Å². The number of hydrogen-bond acceptors (Lipinski definition) is 2. The third kappa shape index (κ3) is 9.52. The van der Waals surface area contributed by atoms with E-state index < -0.39 is 0 Å². The summed E-state index contributed by atoms with van der Waals surface area (Å²) in [5, 5.41) is 0. The minimum Gasteiger partial charge on any atom is -0.311 e. The molecule has 4 heteroatoms. The highest BCUT2D eigenvalue weighted by atomic mass is 79.9. The van der Waals surface area contributed by atoms with Crippen LogP contribution >= 0.6 is 31.9 Å². The number of hydrogen-bond donors (Lipinski definition) is 0. The van der Waals surface area contributed by atoms with E-state index in [1.165, 1.54) is 149 Å². The van der Waals surface area contributed by atoms with Crippen molar-refractivity contribution in [3.63, 3.8) is 0 Å². The van der Waals surface area contributed by atoms with Crippen LogP contribution in [0.15, 0.2) is 385 Å². The van der Waals surface area contributed by atoms with Gasteiger partial charge >= 0.3 is 0 Å². The molecular formula is C101H66Br2N2. The first-order chi connectivity index (χ1) is 51.9. The van der Waals surface area contributed by atoms with E-state index in [1.807, 2.05) is 0 Å². The van der Waals surface area contributed by atoms with Gasteiger partial charge in [0.1, 0.15) is 0 Å². The Kier molecular flexibility index (Phi) is 14.5. The van der Waals surface area contributed by atoms with E-state index in [4.69, 9.17) is 0 Å². The minimum absolute atomic E-state index is 0.00652. The van der Waals surface area contributed by atoms with Gasteiger partial charge in [-0.25, -0.2) is 0 Å². The molecule has 5 unspecified atom stereocenters. The molecule has 16 aromatic carbocycles. The average Bonchev–Trinajstić information content (AvgIpc) is 1.47. The normalized spacial score (nSPS) is 16.9. The monoisotopic (exact) mass is 1460 g/mol. The largest absolute Gasteiger partial charge is 0.311 e. The number of fused-ring (bicyclic) bond motifs is 7. The van der Waals surface area contributed by atoms with Gasteiger partial charge in [0.05, 0.1) is 5.69 Å². The standard InChI is InChI=1S/C101H66Br2N2/c102-90-60-59-79(70-43-56-77(57-44-70)105(76-52-41-68(42-53-76)65-25-9-3-10-26-65)91-36-20-17-29-78(91)69-27-11-4-12-28-69)94-92-80-30-13-14-31-81(80)93(96(90)94)87-61-72(47-58-82(87)92)86-62-85(95-97(100(86)103)99-84-33-16-19-35-89(84)101(99)88-34-18-15-32-83(88)98(95)101)71-45-54-75(55-46-71)104(73-48-37-66(38-49-73)63-21-5-1-6-22-63)74-50-39-67(40-51-74)64-23-7-2-8-24-64/h1-62,92-93,98-99H. The van der Waals surface area contributed by atoms with E-state index in [1.54, 1.807) is 0 Å². The second-order valence-corrected chi connectivity index (χ2v) is 30.3. The van der Waals surface area contributed by atoms with Crippen molar-refractivity contribution in [1.82, 2.24) is 0 Å². The Balaban J connectivity index is 0.688. The highest BCUT2D eigenvalue weighted by Crippen LogP contribution is 2.79. The lowest BCUT2D eigenvalue weighted by atomic mass is 9.43. The molecule has 105 heavy (non-hydrogen) atoms. The zero-order valence-corrected chi connectivity index (χ0v) is 60.4. The van der Waals surface area contributed by atoms with Crippen molar-refractivity contribution in [3.05, 3.63) is 452 Å². The van der Waals surface area contributed by atoms with Crippen LogP contribution in [0.5, 0.6) is 0 Å². The molecule has 16 aromatic rings. The molecule has 6 aliphatic rings. The molecule has 0 N–H and O–H groups in total. The fraction of sp³-hybridized carbons (Fsp3) is 0.0495. The lowest BCUT2D eigenvalue weighted by Gasteiger charge is -2.58. The fourth-order valence-electron chi connectivity index (χ4n) is 19.0. The molecule has 0 amide bonds. The first-order valence-corrected chi connectivity index (χ1v) is 38.1. The highest BCUT2D eigenvalue weighted by molar-refractivity contribution is 9.11. The Morgan fingerprint density at radius 2 is 0.581 bits per heavy atom. The third-order valence-corrected chi connectivity index (χ3v) is 25.1. The van der Waals surface area contributed by atoms with Gasteiger partial charge < -0.3 is 9.80 Å². The van der Waals surface area contributed by atoms with E-state index in [0.717, 1.165) is 38.6 Å². The molecule has 0 heterocycles. The van der Waals surface area contributed by atoms with Crippen LogP contribution in [0, 0.1) is 0 Å². The second-order valence-electron chi connectivity index (χ2n) is 28.7. The van der Waals surface area contributed by atoms with Crippen LogP contribution in [-0.2, 0) is 5.41 Å². The Hall–Kier alpha value is -11.9. The van der Waals surface area contributed by atoms with E-state index in [2.05, 4.69) is 418 Å². The van der Waals surface area contributed by atoms with Crippen molar-refractivity contribution in [3.8, 4) is 77.9 Å². The van der Waals surface area contributed by atoms with Gasteiger partial charge in [-0.1, -0.05) is 307 Å². The molecule has 2 nitrogen and oxygen atoms in total. The molecule has 0 radical (unpaired) electrons. The van der Waals surface area contributed by atoms with Crippen molar-refractivity contribution >= 4 is 66.0 Å². The SMILES string of the molecule is Brc1ccc(-c2ccc(N(c3ccc(-c4ccccc4)cc3)c3ccccc3-c3ccccc3)cc2)c2c1C1c3ccccc3C2c2ccc(-c3cc(-c4ccc(N(c5ccc(-c6ccccc6)cc5)c5ccc(-c6ccccc6)cc5)cc4)c4c(c3Br)C3c5ccccc5C35c3ccccc3C45)cc21. The summed E-state index contributed by atoms with van der Waals surface area (Å²) in [6.45, 7) is 0. The molecule has 5 atom stereocenters. The highest BCUT2D eigenvalue weighted by Gasteiger charge is 2.70. The number of para-hydroxylation sites is 1. The third-order valence-electron chi connectivity index (χ3n) is 23.5. The predicted molar refractivity (Wildman–Crippen MR) is 441 cm³/mol. The number of halogens is 2. The van der Waals surface area contributed by atoms with Crippen molar-refractivity contribution < 1.29 is 0 Å². The van der Waals surface area contributed by atoms with Crippen molar-refractivity contribution in [2.75, 3.05) is 9.80 Å². The van der Waals surface area contributed by atoms with Gasteiger partial charge in [-0.05, 0) is 240 Å². The molecule has 494 valence electrons. The first-order valence-electron chi connectivity index (χ1n) is 36.5. The minimum atomic E-state index is -0.144. The summed E-state index contributed by atoms with van der Waals surface area (Å²) < 4.78 is 2.34. The predicted octanol–water partition coefficient (Wildman–Crippen LogP) is 27.7. The second kappa shape index (κ2) is 24.6. The number of benzene rings is 16. The maximum atomic E-state index is 4.56. The number of nitrogens with zero attached hydrogens (tertiary/aromatic N) is 2. The number of rotatable bonds is 13. The molecule has 1 spiro atoms. The molecule has 0 aliphatic heterocycles. The van der Waals surface area contributed by atoms with Crippen LogP contribution in [-0.4, -0.2) is 0 Å². The van der Waals surface area contributed by atoms with Gasteiger partial charge in [0, 0.05) is 72.0 Å². The van der Waals surface area contributed by atoms with Crippen molar-refractivity contribution in [2.45, 2.75) is 29.1 Å². The van der Waals surface area contributed by atoms with Crippen LogP contribution in [0.3, 0.4) is 0 Å². The molecule has 0 saturated heterocycles. The molecule has 6 aliphatic carbocycles. The molecular weight excluding hydrogens is 1400 g/mol. The Bertz CT molecular complexity index is 6010. The van der Waals surface area contributed by atoms with E-state index >= 15 is 0 Å². The summed E-state index contributed by atoms with van der Waals surface area (Å²) in [6.07, 6.45) is 0.